The van der Waals surface area contributed by atoms with Gasteiger partial charge >= 0.3 is 0 Å². The fraction of sp³-hybridized carbons (Fsp3) is 0.667. The van der Waals surface area contributed by atoms with Gasteiger partial charge in [0, 0.05) is 24.0 Å². The lowest BCUT2D eigenvalue weighted by Gasteiger charge is -2.45. The standard InChI is InChI=1S/C15H27N3/c1-6-15(7-2,18(4)5)14(16-3)12-13-8-10-17-11-9-13/h8-11,14,16H,6-7,12H2,1-5H3. The smallest absolute Gasteiger partial charge is 0.0354 e. The van der Waals surface area contributed by atoms with E-state index in [1.165, 1.54) is 5.56 Å². The second-order valence-electron chi connectivity index (χ2n) is 5.11. The first-order valence-electron chi connectivity index (χ1n) is 6.84. The Labute approximate surface area is 112 Å². The van der Waals surface area contributed by atoms with Gasteiger partial charge in [0.25, 0.3) is 0 Å². The van der Waals surface area contributed by atoms with Gasteiger partial charge < -0.3 is 10.2 Å². The van der Waals surface area contributed by atoms with Crippen molar-refractivity contribution in [3.8, 4) is 0 Å². The van der Waals surface area contributed by atoms with Crippen molar-refractivity contribution in [2.75, 3.05) is 21.1 Å². The summed E-state index contributed by atoms with van der Waals surface area (Å²) in [6, 6.07) is 4.66. The van der Waals surface area contributed by atoms with Crippen molar-refractivity contribution in [1.29, 1.82) is 0 Å². The zero-order chi connectivity index (χ0) is 13.6. The number of hydrogen-bond acceptors (Lipinski definition) is 3. The highest BCUT2D eigenvalue weighted by Gasteiger charge is 2.36. The van der Waals surface area contributed by atoms with E-state index in [0.29, 0.717) is 6.04 Å². The molecular weight excluding hydrogens is 222 g/mol. The first-order chi connectivity index (χ1) is 8.60. The van der Waals surface area contributed by atoms with E-state index in [2.05, 4.69) is 62.3 Å². The molecule has 0 radical (unpaired) electrons. The number of nitrogens with one attached hydrogen (secondary N) is 1. The predicted molar refractivity (Wildman–Crippen MR) is 77.8 cm³/mol. The molecule has 18 heavy (non-hydrogen) atoms. The first-order valence-corrected chi connectivity index (χ1v) is 6.84. The van der Waals surface area contributed by atoms with E-state index in [4.69, 9.17) is 0 Å². The number of pyridine rings is 1. The largest absolute Gasteiger partial charge is 0.315 e. The molecule has 0 fully saturated rings. The third-order valence-electron chi connectivity index (χ3n) is 4.30. The van der Waals surface area contributed by atoms with Crippen LogP contribution in [-0.4, -0.2) is 42.6 Å². The number of nitrogens with zero attached hydrogens (tertiary/aromatic N) is 2. The molecule has 1 rings (SSSR count). The van der Waals surface area contributed by atoms with Crippen LogP contribution in [0.25, 0.3) is 0 Å². The highest BCUT2D eigenvalue weighted by Crippen LogP contribution is 2.27. The van der Waals surface area contributed by atoms with E-state index in [-0.39, 0.29) is 5.54 Å². The van der Waals surface area contributed by atoms with Crippen LogP contribution in [0.15, 0.2) is 24.5 Å². The molecule has 1 unspecified atom stereocenters. The molecular formula is C15H27N3. The van der Waals surface area contributed by atoms with Gasteiger partial charge in [-0.2, -0.15) is 0 Å². The van der Waals surface area contributed by atoms with Crippen LogP contribution in [0.4, 0.5) is 0 Å². The van der Waals surface area contributed by atoms with Gasteiger partial charge in [0.1, 0.15) is 0 Å². The van der Waals surface area contributed by atoms with Crippen molar-refractivity contribution in [1.82, 2.24) is 15.2 Å². The molecule has 1 atom stereocenters. The molecule has 0 bridgehead atoms. The Kier molecular flexibility index (Phi) is 5.76. The summed E-state index contributed by atoms with van der Waals surface area (Å²) in [5.74, 6) is 0. The number of hydrogen-bond donors (Lipinski definition) is 1. The van der Waals surface area contributed by atoms with E-state index < -0.39 is 0 Å². The molecule has 3 nitrogen and oxygen atoms in total. The van der Waals surface area contributed by atoms with Gasteiger partial charge in [-0.1, -0.05) is 13.8 Å². The summed E-state index contributed by atoms with van der Waals surface area (Å²) in [5.41, 5.74) is 1.55. The van der Waals surface area contributed by atoms with E-state index in [1.54, 1.807) is 0 Å². The summed E-state index contributed by atoms with van der Waals surface area (Å²) in [6.07, 6.45) is 7.08. The molecule has 1 aromatic heterocycles. The normalized spacial score (nSPS) is 13.9. The lowest BCUT2D eigenvalue weighted by molar-refractivity contribution is 0.0917. The molecule has 0 saturated carbocycles. The fourth-order valence-corrected chi connectivity index (χ4v) is 3.00. The molecule has 1 N–H and O–H groups in total. The maximum atomic E-state index is 4.09. The van der Waals surface area contributed by atoms with Gasteiger partial charge in [0.05, 0.1) is 0 Å². The Bertz CT molecular complexity index is 331. The van der Waals surface area contributed by atoms with Crippen LogP contribution in [0, 0.1) is 0 Å². The third-order valence-corrected chi connectivity index (χ3v) is 4.30. The summed E-state index contributed by atoms with van der Waals surface area (Å²) < 4.78 is 0. The highest BCUT2D eigenvalue weighted by atomic mass is 15.2. The van der Waals surface area contributed by atoms with Gasteiger partial charge in [-0.3, -0.25) is 4.98 Å². The van der Waals surface area contributed by atoms with E-state index >= 15 is 0 Å². The molecule has 1 heterocycles. The van der Waals surface area contributed by atoms with E-state index in [9.17, 15) is 0 Å². The van der Waals surface area contributed by atoms with Crippen molar-refractivity contribution in [2.24, 2.45) is 0 Å². The summed E-state index contributed by atoms with van der Waals surface area (Å²) in [7, 11) is 6.43. The van der Waals surface area contributed by atoms with Crippen molar-refractivity contribution >= 4 is 0 Å². The van der Waals surface area contributed by atoms with Gasteiger partial charge in [-0.25, -0.2) is 0 Å². The van der Waals surface area contributed by atoms with Gasteiger partial charge in [0.2, 0.25) is 0 Å². The van der Waals surface area contributed by atoms with Crippen LogP contribution in [-0.2, 0) is 6.42 Å². The Hall–Kier alpha value is -0.930. The van der Waals surface area contributed by atoms with E-state index in [0.717, 1.165) is 19.3 Å². The van der Waals surface area contributed by atoms with E-state index in [1.807, 2.05) is 12.4 Å². The minimum Gasteiger partial charge on any atom is -0.315 e. The summed E-state index contributed by atoms with van der Waals surface area (Å²) in [6.45, 7) is 4.56. The predicted octanol–water partition coefficient (Wildman–Crippen LogP) is 2.33. The highest BCUT2D eigenvalue weighted by molar-refractivity contribution is 5.14. The second-order valence-corrected chi connectivity index (χ2v) is 5.11. The number of likely N-dealkylation sites (N-methyl/N-ethyl adjacent to an activating group) is 2. The minimum atomic E-state index is 0.206. The van der Waals surface area contributed by atoms with Gasteiger partial charge in [-0.05, 0) is 58.1 Å². The quantitative estimate of drug-likeness (QED) is 0.804. The zero-order valence-electron chi connectivity index (χ0n) is 12.4. The zero-order valence-corrected chi connectivity index (χ0v) is 12.4. The van der Waals surface area contributed by atoms with Crippen LogP contribution in [0.2, 0.25) is 0 Å². The maximum absolute atomic E-state index is 4.09. The van der Waals surface area contributed by atoms with Crippen LogP contribution in [0.1, 0.15) is 32.3 Å². The number of rotatable bonds is 7. The van der Waals surface area contributed by atoms with Gasteiger partial charge in [-0.15, -0.1) is 0 Å². The Morgan fingerprint density at radius 1 is 1.22 bits per heavy atom. The third kappa shape index (κ3) is 3.09. The minimum absolute atomic E-state index is 0.206. The van der Waals surface area contributed by atoms with Crippen molar-refractivity contribution < 1.29 is 0 Å². The van der Waals surface area contributed by atoms with Crippen LogP contribution < -0.4 is 5.32 Å². The molecule has 0 aliphatic heterocycles. The molecule has 0 aliphatic rings. The average Bonchev–Trinajstić information content (AvgIpc) is 2.40. The molecule has 102 valence electrons. The Balaban J connectivity index is 2.93. The molecule has 1 aromatic rings. The number of aromatic nitrogens is 1. The molecule has 0 amide bonds. The van der Waals surface area contributed by atoms with Crippen LogP contribution >= 0.6 is 0 Å². The first kappa shape index (κ1) is 15.1. The summed E-state index contributed by atoms with van der Waals surface area (Å²) in [4.78, 5) is 6.46. The Morgan fingerprint density at radius 3 is 2.17 bits per heavy atom. The van der Waals surface area contributed by atoms with Gasteiger partial charge in [0.15, 0.2) is 0 Å². The topological polar surface area (TPSA) is 28.2 Å². The van der Waals surface area contributed by atoms with Crippen molar-refractivity contribution in [3.05, 3.63) is 30.1 Å². The van der Waals surface area contributed by atoms with Crippen LogP contribution in [0.3, 0.4) is 0 Å². The SMILES string of the molecule is CCC(CC)(C(Cc1ccncc1)NC)N(C)C. The van der Waals surface area contributed by atoms with Crippen molar-refractivity contribution in [2.45, 2.75) is 44.7 Å². The molecule has 0 saturated heterocycles. The maximum Gasteiger partial charge on any atom is 0.0354 e. The van der Waals surface area contributed by atoms with Crippen LogP contribution in [0.5, 0.6) is 0 Å². The second kappa shape index (κ2) is 6.86. The molecule has 0 spiro atoms. The summed E-state index contributed by atoms with van der Waals surface area (Å²) >= 11 is 0. The monoisotopic (exact) mass is 249 g/mol. The van der Waals surface area contributed by atoms with Crippen molar-refractivity contribution in [3.63, 3.8) is 0 Å². The fourth-order valence-electron chi connectivity index (χ4n) is 3.00. The average molecular weight is 249 g/mol. The lowest BCUT2D eigenvalue weighted by atomic mass is 9.80. The lowest BCUT2D eigenvalue weighted by Crippen LogP contribution is -2.58. The molecule has 0 aliphatic carbocycles. The molecule has 3 heteroatoms. The Morgan fingerprint density at radius 2 is 1.78 bits per heavy atom. The summed E-state index contributed by atoms with van der Waals surface area (Å²) in [5, 5.41) is 3.51. The molecule has 0 aromatic carbocycles.